The Labute approximate surface area is 162 Å². The molecular weight excluding hydrogens is 364 g/mol. The highest BCUT2D eigenvalue weighted by Gasteiger charge is 2.51. The molecule has 0 saturated carbocycles. The van der Waals surface area contributed by atoms with E-state index < -0.39 is 23.4 Å². The summed E-state index contributed by atoms with van der Waals surface area (Å²) in [6.45, 7) is 7.15. The number of phenolic OH excluding ortho intramolecular Hbond substituents is 1. The third-order valence-electron chi connectivity index (χ3n) is 4.99. The Bertz CT molecular complexity index is 927. The minimum absolute atomic E-state index is 0.0438. The fourth-order valence-corrected chi connectivity index (χ4v) is 3.92. The molecule has 2 aromatic rings. The number of fused-ring (bicyclic) bond motifs is 1. The van der Waals surface area contributed by atoms with E-state index in [2.05, 4.69) is 10.2 Å². The molecule has 4 N–H and O–H groups in total. The first-order valence-corrected chi connectivity index (χ1v) is 9.33. The van der Waals surface area contributed by atoms with Gasteiger partial charge in [0.05, 0.1) is 24.2 Å². The second-order valence-corrected chi connectivity index (χ2v) is 7.61. The van der Waals surface area contributed by atoms with Crippen molar-refractivity contribution < 1.29 is 24.5 Å². The lowest BCUT2D eigenvalue weighted by atomic mass is 9.66. The van der Waals surface area contributed by atoms with Gasteiger partial charge in [-0.05, 0) is 45.4 Å². The molecule has 1 aliphatic rings. The quantitative estimate of drug-likeness (QED) is 0.577. The number of benzene rings is 1. The van der Waals surface area contributed by atoms with Crippen LogP contribution in [0.3, 0.4) is 0 Å². The van der Waals surface area contributed by atoms with Crippen LogP contribution in [0, 0.1) is 5.92 Å². The van der Waals surface area contributed by atoms with Gasteiger partial charge in [0.2, 0.25) is 0 Å². The second kappa shape index (κ2) is 7.35. The Balaban J connectivity index is 2.20. The van der Waals surface area contributed by atoms with Crippen molar-refractivity contribution in [3.8, 4) is 11.5 Å². The molecule has 152 valence electrons. The number of carbonyl (C=O) groups excluding carboxylic acids is 1. The molecule has 1 aliphatic carbocycles. The van der Waals surface area contributed by atoms with Crippen LogP contribution in [0.2, 0.25) is 0 Å². The van der Waals surface area contributed by atoms with Crippen LogP contribution in [0.15, 0.2) is 23.0 Å². The lowest BCUT2D eigenvalue weighted by Gasteiger charge is -2.40. The molecule has 0 saturated heterocycles. The van der Waals surface area contributed by atoms with Crippen LogP contribution < -0.4 is 10.3 Å². The second-order valence-electron chi connectivity index (χ2n) is 7.61. The van der Waals surface area contributed by atoms with E-state index >= 15 is 0 Å². The first-order chi connectivity index (χ1) is 13.2. The summed E-state index contributed by atoms with van der Waals surface area (Å²) in [7, 11) is 0. The van der Waals surface area contributed by atoms with E-state index in [0.29, 0.717) is 23.4 Å². The molecule has 8 nitrogen and oxygen atoms in total. The van der Waals surface area contributed by atoms with Gasteiger partial charge in [0.15, 0.2) is 11.5 Å². The predicted molar refractivity (Wildman–Crippen MR) is 102 cm³/mol. The number of carbonyl (C=O) groups is 1. The third kappa shape index (κ3) is 3.52. The standard InChI is InChI=1S/C20H26N2O6/c1-5-27-14-8-11(6-7-13(14)23)15-16-12(21-22-18(16)24)9-20(4,26)17(15)19(25)28-10(2)3/h6-8,10,15,17,23,26H,5,9H2,1-4H3,(H2,21,22,24). The van der Waals surface area contributed by atoms with Crippen LogP contribution in [0.4, 0.5) is 0 Å². The van der Waals surface area contributed by atoms with E-state index in [0.717, 1.165) is 0 Å². The molecule has 0 spiro atoms. The molecule has 3 atom stereocenters. The van der Waals surface area contributed by atoms with Gasteiger partial charge < -0.3 is 24.8 Å². The third-order valence-corrected chi connectivity index (χ3v) is 4.99. The number of aliphatic hydroxyl groups is 1. The van der Waals surface area contributed by atoms with E-state index in [-0.39, 0.29) is 29.6 Å². The number of esters is 1. The van der Waals surface area contributed by atoms with Crippen LogP contribution in [0.1, 0.15) is 50.4 Å². The normalized spacial score (nSPS) is 24.1. The molecule has 8 heteroatoms. The summed E-state index contributed by atoms with van der Waals surface area (Å²) >= 11 is 0. The first-order valence-electron chi connectivity index (χ1n) is 9.33. The first kappa shape index (κ1) is 20.0. The maximum Gasteiger partial charge on any atom is 0.313 e. The summed E-state index contributed by atoms with van der Waals surface area (Å²) in [5, 5.41) is 26.5. The van der Waals surface area contributed by atoms with E-state index in [1.54, 1.807) is 39.8 Å². The van der Waals surface area contributed by atoms with Gasteiger partial charge in [0.1, 0.15) is 0 Å². The van der Waals surface area contributed by atoms with E-state index in [1.807, 2.05) is 0 Å². The van der Waals surface area contributed by atoms with Crippen molar-refractivity contribution in [2.45, 2.75) is 51.7 Å². The van der Waals surface area contributed by atoms with E-state index in [1.165, 1.54) is 6.07 Å². The molecule has 0 radical (unpaired) electrons. The Hall–Kier alpha value is -2.74. The van der Waals surface area contributed by atoms with Crippen molar-refractivity contribution in [1.29, 1.82) is 0 Å². The number of rotatable bonds is 5. The smallest absolute Gasteiger partial charge is 0.313 e. The lowest BCUT2D eigenvalue weighted by molar-refractivity contribution is -0.163. The maximum absolute atomic E-state index is 12.9. The summed E-state index contributed by atoms with van der Waals surface area (Å²) in [6, 6.07) is 4.67. The minimum atomic E-state index is -1.45. The molecule has 0 aliphatic heterocycles. The van der Waals surface area contributed by atoms with Crippen molar-refractivity contribution in [3.05, 3.63) is 45.4 Å². The van der Waals surface area contributed by atoms with Crippen LogP contribution in [-0.4, -0.2) is 44.7 Å². The summed E-state index contributed by atoms with van der Waals surface area (Å²) in [4.78, 5) is 25.5. The Morgan fingerprint density at radius 1 is 1.36 bits per heavy atom. The van der Waals surface area contributed by atoms with Gasteiger partial charge in [-0.1, -0.05) is 6.07 Å². The fraction of sp³-hybridized carbons (Fsp3) is 0.500. The summed E-state index contributed by atoms with van der Waals surface area (Å²) in [5.41, 5.74) is -0.314. The predicted octanol–water partition coefficient (Wildman–Crippen LogP) is 1.81. The molecule has 1 heterocycles. The highest BCUT2D eigenvalue weighted by Crippen LogP contribution is 2.46. The summed E-state index contributed by atoms with van der Waals surface area (Å²) in [5.74, 6) is -2.15. The van der Waals surface area contributed by atoms with E-state index in [4.69, 9.17) is 9.47 Å². The molecule has 1 aromatic carbocycles. The number of phenols is 1. The average molecular weight is 390 g/mol. The zero-order chi connectivity index (χ0) is 20.6. The van der Waals surface area contributed by atoms with Gasteiger partial charge in [-0.2, -0.15) is 0 Å². The van der Waals surface area contributed by atoms with Gasteiger partial charge in [0, 0.05) is 23.6 Å². The van der Waals surface area contributed by atoms with Crippen molar-refractivity contribution in [1.82, 2.24) is 10.2 Å². The monoisotopic (exact) mass is 390 g/mol. The molecule has 3 unspecified atom stereocenters. The van der Waals surface area contributed by atoms with Crippen molar-refractivity contribution in [2.75, 3.05) is 6.61 Å². The highest BCUT2D eigenvalue weighted by atomic mass is 16.5. The van der Waals surface area contributed by atoms with Gasteiger partial charge in [0.25, 0.3) is 5.56 Å². The maximum atomic E-state index is 12.9. The van der Waals surface area contributed by atoms with E-state index in [9.17, 15) is 19.8 Å². The molecule has 1 aromatic heterocycles. The van der Waals surface area contributed by atoms with Crippen LogP contribution in [0.5, 0.6) is 11.5 Å². The van der Waals surface area contributed by atoms with Gasteiger partial charge >= 0.3 is 5.97 Å². The number of hydrogen-bond donors (Lipinski definition) is 4. The van der Waals surface area contributed by atoms with Gasteiger partial charge in [-0.15, -0.1) is 0 Å². The lowest BCUT2D eigenvalue weighted by Crippen LogP contribution is -2.50. The molecule has 0 amide bonds. The number of ether oxygens (including phenoxy) is 2. The summed E-state index contributed by atoms with van der Waals surface area (Å²) in [6.07, 6.45) is -0.264. The molecule has 3 rings (SSSR count). The fourth-order valence-electron chi connectivity index (χ4n) is 3.92. The Morgan fingerprint density at radius 3 is 2.71 bits per heavy atom. The number of aromatic nitrogens is 2. The largest absolute Gasteiger partial charge is 0.504 e. The van der Waals surface area contributed by atoms with Crippen LogP contribution in [0.25, 0.3) is 0 Å². The number of aromatic amines is 2. The van der Waals surface area contributed by atoms with Gasteiger partial charge in [-0.3, -0.25) is 14.7 Å². The minimum Gasteiger partial charge on any atom is -0.504 e. The van der Waals surface area contributed by atoms with Crippen LogP contribution in [-0.2, 0) is 16.0 Å². The zero-order valence-corrected chi connectivity index (χ0v) is 16.4. The Morgan fingerprint density at radius 2 is 2.07 bits per heavy atom. The van der Waals surface area contributed by atoms with Crippen LogP contribution >= 0.6 is 0 Å². The Kier molecular flexibility index (Phi) is 5.25. The SMILES string of the molecule is CCOc1cc(C2c3c([nH][nH]c3=O)CC(C)(O)C2C(=O)OC(C)C)ccc1O. The average Bonchev–Trinajstić information content (AvgIpc) is 2.94. The van der Waals surface area contributed by atoms with Crippen molar-refractivity contribution in [2.24, 2.45) is 5.92 Å². The molecule has 0 fully saturated rings. The zero-order valence-electron chi connectivity index (χ0n) is 16.4. The van der Waals surface area contributed by atoms with Crippen molar-refractivity contribution in [3.63, 3.8) is 0 Å². The number of hydrogen-bond acceptors (Lipinski definition) is 6. The molecule has 0 bridgehead atoms. The number of aromatic hydroxyl groups is 1. The summed E-state index contributed by atoms with van der Waals surface area (Å²) < 4.78 is 10.9. The molecule has 28 heavy (non-hydrogen) atoms. The number of nitrogens with one attached hydrogen (secondary N) is 2. The van der Waals surface area contributed by atoms with Gasteiger partial charge in [-0.25, -0.2) is 0 Å². The highest BCUT2D eigenvalue weighted by molar-refractivity contribution is 5.77. The topological polar surface area (TPSA) is 125 Å². The van der Waals surface area contributed by atoms with Crippen molar-refractivity contribution >= 4 is 5.97 Å². The number of H-pyrrole nitrogens is 2. The molecular formula is C20H26N2O6.